The smallest absolute Gasteiger partial charge is 0.330 e. The van der Waals surface area contributed by atoms with E-state index in [1.807, 2.05) is 0 Å². The number of ether oxygens (including phenoxy) is 5. The van der Waals surface area contributed by atoms with Gasteiger partial charge in [0.1, 0.15) is 30.5 Å². The second kappa shape index (κ2) is 6.48. The van der Waals surface area contributed by atoms with Crippen molar-refractivity contribution in [1.29, 1.82) is 0 Å². The van der Waals surface area contributed by atoms with E-state index in [1.165, 1.54) is 6.20 Å². The molecule has 0 radical (unpaired) electrons. The van der Waals surface area contributed by atoms with Crippen LogP contribution in [0.5, 0.6) is 0 Å². The fraction of sp³-hybridized carbons (Fsp3) is 0.778. The van der Waals surface area contributed by atoms with Crippen LogP contribution in [0.1, 0.15) is 39.5 Å². The zero-order chi connectivity index (χ0) is 20.4. The van der Waals surface area contributed by atoms with E-state index in [-0.39, 0.29) is 6.61 Å². The highest BCUT2D eigenvalue weighted by molar-refractivity contribution is 5.05. The number of H-pyrrole nitrogens is 1. The van der Waals surface area contributed by atoms with Crippen LogP contribution in [-0.4, -0.2) is 63.4 Å². The Kier molecular flexibility index (Phi) is 4.57. The Balaban J connectivity index is 1.78. The molecule has 0 bridgehead atoms. The first-order valence-electron chi connectivity index (χ1n) is 9.30. The molecule has 4 heterocycles. The summed E-state index contributed by atoms with van der Waals surface area (Å²) in [5.41, 5.74) is -0.868. The summed E-state index contributed by atoms with van der Waals surface area (Å²) in [4.78, 5) is 26.4. The Hall–Kier alpha value is -1.56. The minimum absolute atomic E-state index is 0.185. The van der Waals surface area contributed by atoms with Gasteiger partial charge in [0, 0.05) is 11.8 Å². The van der Waals surface area contributed by atoms with Gasteiger partial charge in [0.15, 0.2) is 17.8 Å². The van der Waals surface area contributed by atoms with Gasteiger partial charge in [0.2, 0.25) is 0 Å². The molecule has 10 nitrogen and oxygen atoms in total. The lowest BCUT2D eigenvalue weighted by atomic mass is 9.99. The lowest BCUT2D eigenvalue weighted by molar-refractivity contribution is -0.332. The highest BCUT2D eigenvalue weighted by atomic mass is 16.8. The summed E-state index contributed by atoms with van der Waals surface area (Å²) in [7, 11) is 0. The molecule has 0 spiro atoms. The number of fused-ring (bicyclic) bond motifs is 3. The van der Waals surface area contributed by atoms with Crippen molar-refractivity contribution in [3.05, 3.63) is 32.6 Å². The molecule has 3 aliphatic rings. The third-order valence-corrected chi connectivity index (χ3v) is 5.23. The van der Waals surface area contributed by atoms with Gasteiger partial charge >= 0.3 is 5.69 Å². The van der Waals surface area contributed by atoms with Crippen molar-refractivity contribution in [3.8, 4) is 0 Å². The Morgan fingerprint density at radius 1 is 1.07 bits per heavy atom. The molecule has 3 fully saturated rings. The molecule has 4 rings (SSSR count). The summed E-state index contributed by atoms with van der Waals surface area (Å²) in [5.74, 6) is -1.80. The molecule has 1 aromatic heterocycles. The molecule has 0 saturated carbocycles. The molecule has 4 unspecified atom stereocenters. The lowest BCUT2D eigenvalue weighted by Gasteiger charge is -2.42. The van der Waals surface area contributed by atoms with Crippen molar-refractivity contribution >= 4 is 0 Å². The first-order chi connectivity index (χ1) is 13.0. The summed E-state index contributed by atoms with van der Waals surface area (Å²) in [5, 5.41) is 11.1. The molecular formula is C18H26N2O8. The number of hydrogen-bond acceptors (Lipinski definition) is 8. The van der Waals surface area contributed by atoms with Crippen LogP contribution in [0.3, 0.4) is 0 Å². The number of aromatic amines is 1. The number of aryl methyl sites for hydroxylation is 1. The number of nitrogens with one attached hydrogen (secondary N) is 1. The molecule has 0 amide bonds. The number of nitrogens with zero attached hydrogens (tertiary/aromatic N) is 1. The van der Waals surface area contributed by atoms with Gasteiger partial charge in [0.05, 0.1) is 6.61 Å². The molecule has 156 valence electrons. The first kappa shape index (κ1) is 19.7. The van der Waals surface area contributed by atoms with E-state index < -0.39 is 59.6 Å². The summed E-state index contributed by atoms with van der Waals surface area (Å²) >= 11 is 0. The van der Waals surface area contributed by atoms with Crippen LogP contribution in [0, 0.1) is 6.92 Å². The number of hydrogen-bond donors (Lipinski definition) is 2. The maximum atomic E-state index is 12.4. The van der Waals surface area contributed by atoms with Gasteiger partial charge in [-0.2, -0.15) is 0 Å². The van der Waals surface area contributed by atoms with Crippen molar-refractivity contribution in [1.82, 2.24) is 9.55 Å². The average molecular weight is 398 g/mol. The highest BCUT2D eigenvalue weighted by Gasteiger charge is 2.58. The Morgan fingerprint density at radius 2 is 1.71 bits per heavy atom. The van der Waals surface area contributed by atoms with Crippen LogP contribution in [0.15, 0.2) is 15.8 Å². The lowest BCUT2D eigenvalue weighted by Crippen LogP contribution is -2.55. The zero-order valence-electron chi connectivity index (χ0n) is 16.5. The standard InChI is InChI=1S/C18H26N2O8/c1-8-6-20(16(23)19-14(8)22)15-10(21)12-13(28-18(4,5)27-12)11-9(25-15)7-24-17(2,3)26-11/h6,9-13,15,21H,7H2,1-5H3,(H,19,22,23)/t9?,10?,11-,12-,13?,15?/m1/s1. The fourth-order valence-electron chi connectivity index (χ4n) is 3.97. The predicted octanol–water partition coefficient (Wildman–Crippen LogP) is -0.225. The normalized spacial score (nSPS) is 39.1. The van der Waals surface area contributed by atoms with Crippen molar-refractivity contribution in [2.75, 3.05) is 6.61 Å². The number of aliphatic hydroxyl groups excluding tert-OH is 1. The van der Waals surface area contributed by atoms with E-state index in [0.29, 0.717) is 5.56 Å². The maximum absolute atomic E-state index is 12.4. The van der Waals surface area contributed by atoms with E-state index in [0.717, 1.165) is 4.57 Å². The number of aromatic nitrogens is 2. The van der Waals surface area contributed by atoms with Crippen LogP contribution >= 0.6 is 0 Å². The number of aliphatic hydroxyl groups is 1. The van der Waals surface area contributed by atoms with Crippen LogP contribution in [0.25, 0.3) is 0 Å². The predicted molar refractivity (Wildman–Crippen MR) is 94.7 cm³/mol. The van der Waals surface area contributed by atoms with Gasteiger partial charge in [0.25, 0.3) is 5.56 Å². The van der Waals surface area contributed by atoms with Gasteiger partial charge in [-0.1, -0.05) is 0 Å². The Morgan fingerprint density at radius 3 is 2.43 bits per heavy atom. The van der Waals surface area contributed by atoms with E-state index in [1.54, 1.807) is 34.6 Å². The van der Waals surface area contributed by atoms with Gasteiger partial charge in [-0.05, 0) is 34.6 Å². The molecule has 0 aliphatic carbocycles. The molecule has 2 N–H and O–H groups in total. The monoisotopic (exact) mass is 398 g/mol. The van der Waals surface area contributed by atoms with E-state index in [2.05, 4.69) is 4.98 Å². The molecule has 1 aromatic rings. The third kappa shape index (κ3) is 3.34. The van der Waals surface area contributed by atoms with Crippen LogP contribution < -0.4 is 11.2 Å². The molecule has 6 atom stereocenters. The summed E-state index contributed by atoms with van der Waals surface area (Å²) < 4.78 is 31.0. The molecular weight excluding hydrogens is 372 g/mol. The molecule has 3 aliphatic heterocycles. The SMILES string of the molecule is Cc1cn(C2OC3COC(C)(C)O[C@H]3C3OC(C)(C)O[C@@H]3C2O)c(=O)[nH]c1=O. The van der Waals surface area contributed by atoms with Gasteiger partial charge in [-0.3, -0.25) is 14.3 Å². The quantitative estimate of drug-likeness (QED) is 0.666. The van der Waals surface area contributed by atoms with Crippen molar-refractivity contribution in [3.63, 3.8) is 0 Å². The molecule has 0 aromatic carbocycles. The minimum atomic E-state index is -1.24. The van der Waals surface area contributed by atoms with Gasteiger partial charge < -0.3 is 28.8 Å². The summed E-state index contributed by atoms with van der Waals surface area (Å²) in [6, 6.07) is 0. The van der Waals surface area contributed by atoms with Gasteiger partial charge in [-0.25, -0.2) is 4.79 Å². The minimum Gasteiger partial charge on any atom is -0.386 e. The van der Waals surface area contributed by atoms with Crippen molar-refractivity contribution in [2.24, 2.45) is 0 Å². The van der Waals surface area contributed by atoms with Crippen LogP contribution in [-0.2, 0) is 23.7 Å². The highest BCUT2D eigenvalue weighted by Crippen LogP contribution is 2.42. The van der Waals surface area contributed by atoms with E-state index >= 15 is 0 Å². The Labute approximate surface area is 161 Å². The van der Waals surface area contributed by atoms with Gasteiger partial charge in [-0.15, -0.1) is 0 Å². The average Bonchev–Trinajstić information content (AvgIpc) is 2.87. The zero-order valence-corrected chi connectivity index (χ0v) is 16.5. The largest absolute Gasteiger partial charge is 0.386 e. The Bertz CT molecular complexity index is 875. The van der Waals surface area contributed by atoms with Crippen molar-refractivity contribution < 1.29 is 28.8 Å². The maximum Gasteiger partial charge on any atom is 0.330 e. The number of rotatable bonds is 1. The van der Waals surface area contributed by atoms with E-state index in [4.69, 9.17) is 23.7 Å². The van der Waals surface area contributed by atoms with Crippen LogP contribution in [0.4, 0.5) is 0 Å². The first-order valence-corrected chi connectivity index (χ1v) is 9.30. The fourth-order valence-corrected chi connectivity index (χ4v) is 3.97. The molecule has 28 heavy (non-hydrogen) atoms. The second-order valence-electron chi connectivity index (χ2n) is 8.39. The van der Waals surface area contributed by atoms with E-state index in [9.17, 15) is 14.7 Å². The van der Waals surface area contributed by atoms with Crippen LogP contribution in [0.2, 0.25) is 0 Å². The topological polar surface area (TPSA) is 121 Å². The third-order valence-electron chi connectivity index (χ3n) is 5.23. The van der Waals surface area contributed by atoms with Crippen molar-refractivity contribution in [2.45, 2.75) is 82.9 Å². The summed E-state index contributed by atoms with van der Waals surface area (Å²) in [6.07, 6.45) is -3.61. The molecule has 3 saturated heterocycles. The molecule has 10 heteroatoms. The summed E-state index contributed by atoms with van der Waals surface area (Å²) in [6.45, 7) is 8.82. The second-order valence-corrected chi connectivity index (χ2v) is 8.39.